The quantitative estimate of drug-likeness (QED) is 0.628. The zero-order valence-electron chi connectivity index (χ0n) is 15.7. The molecule has 1 heterocycles. The second kappa shape index (κ2) is 9.21. The number of ether oxygens (including phenoxy) is 1. The Morgan fingerprint density at radius 3 is 2.48 bits per heavy atom. The van der Waals surface area contributed by atoms with Gasteiger partial charge in [0.05, 0.1) is 0 Å². The molecular weight excluding hydrogens is 392 g/mol. The molecule has 0 bridgehead atoms. The van der Waals surface area contributed by atoms with Crippen molar-refractivity contribution in [3.8, 4) is 0 Å². The first kappa shape index (κ1) is 20.4. The Morgan fingerprint density at radius 1 is 1.07 bits per heavy atom. The number of hydrogen-bond donors (Lipinski definition) is 1. The van der Waals surface area contributed by atoms with Gasteiger partial charge < -0.3 is 14.6 Å². The van der Waals surface area contributed by atoms with Gasteiger partial charge >= 0.3 is 5.97 Å². The van der Waals surface area contributed by atoms with E-state index < -0.39 is 18.0 Å². The minimum Gasteiger partial charge on any atom is -0.446 e. The van der Waals surface area contributed by atoms with E-state index in [4.69, 9.17) is 16.3 Å². The van der Waals surface area contributed by atoms with Gasteiger partial charge in [-0.25, -0.2) is 0 Å². The molecule has 1 N–H and O–H groups in total. The van der Waals surface area contributed by atoms with Gasteiger partial charge in [0.25, 0.3) is 11.5 Å². The summed E-state index contributed by atoms with van der Waals surface area (Å²) >= 11 is 6.11. The van der Waals surface area contributed by atoms with Crippen molar-refractivity contribution in [2.75, 3.05) is 5.32 Å². The van der Waals surface area contributed by atoms with Crippen molar-refractivity contribution in [2.45, 2.75) is 19.6 Å². The maximum Gasteiger partial charge on any atom is 0.327 e. The van der Waals surface area contributed by atoms with E-state index in [1.54, 1.807) is 60.7 Å². The number of carbonyl (C=O) groups is 2. The Hall–Kier alpha value is -3.38. The summed E-state index contributed by atoms with van der Waals surface area (Å²) in [6, 6.07) is 18.3. The smallest absolute Gasteiger partial charge is 0.327 e. The van der Waals surface area contributed by atoms with Gasteiger partial charge in [0.2, 0.25) is 6.10 Å². The molecule has 0 saturated carbocycles. The van der Waals surface area contributed by atoms with E-state index in [-0.39, 0.29) is 12.1 Å². The molecule has 0 aliphatic carbocycles. The topological polar surface area (TPSA) is 77.4 Å². The summed E-state index contributed by atoms with van der Waals surface area (Å²) in [5.41, 5.74) is 1.54. The SMILES string of the molecule is Cc1ccc(NC(=O)[C@@H](OC(=O)Cn2ccccc2=O)c2ccccc2)cc1Cl. The molecule has 1 atom stereocenters. The lowest BCUT2D eigenvalue weighted by Crippen LogP contribution is -2.29. The summed E-state index contributed by atoms with van der Waals surface area (Å²) in [7, 11) is 0. The van der Waals surface area contributed by atoms with E-state index in [1.807, 2.05) is 6.92 Å². The molecule has 6 nitrogen and oxygen atoms in total. The van der Waals surface area contributed by atoms with Crippen LogP contribution in [0.3, 0.4) is 0 Å². The third-order valence-corrected chi connectivity index (χ3v) is 4.63. The highest BCUT2D eigenvalue weighted by Crippen LogP contribution is 2.23. The Morgan fingerprint density at radius 2 is 1.79 bits per heavy atom. The monoisotopic (exact) mass is 410 g/mol. The van der Waals surface area contributed by atoms with Gasteiger partial charge in [-0.05, 0) is 30.7 Å². The lowest BCUT2D eigenvalue weighted by atomic mass is 10.1. The molecule has 148 valence electrons. The van der Waals surface area contributed by atoms with Gasteiger partial charge in [-0.15, -0.1) is 0 Å². The van der Waals surface area contributed by atoms with E-state index >= 15 is 0 Å². The zero-order chi connectivity index (χ0) is 20.8. The molecular formula is C22H19ClN2O4. The van der Waals surface area contributed by atoms with E-state index in [0.717, 1.165) is 5.56 Å². The number of aryl methyl sites for hydroxylation is 1. The van der Waals surface area contributed by atoms with Crippen molar-refractivity contribution >= 4 is 29.2 Å². The zero-order valence-corrected chi connectivity index (χ0v) is 16.4. The fraction of sp³-hybridized carbons (Fsp3) is 0.136. The molecule has 1 amide bonds. The summed E-state index contributed by atoms with van der Waals surface area (Å²) in [4.78, 5) is 37.1. The van der Waals surface area contributed by atoms with Gasteiger partial charge in [-0.2, -0.15) is 0 Å². The van der Waals surface area contributed by atoms with Crippen LogP contribution in [0.25, 0.3) is 0 Å². The fourth-order valence-corrected chi connectivity index (χ4v) is 2.86. The van der Waals surface area contributed by atoms with Crippen LogP contribution in [-0.4, -0.2) is 16.4 Å². The molecule has 3 aromatic rings. The minimum absolute atomic E-state index is 0.299. The third kappa shape index (κ3) is 5.33. The van der Waals surface area contributed by atoms with Crippen LogP contribution in [0, 0.1) is 6.92 Å². The summed E-state index contributed by atoms with van der Waals surface area (Å²) in [5, 5.41) is 3.23. The van der Waals surface area contributed by atoms with Crippen LogP contribution in [0.1, 0.15) is 17.2 Å². The number of anilines is 1. The summed E-state index contributed by atoms with van der Waals surface area (Å²) in [5.74, 6) is -1.23. The first-order chi connectivity index (χ1) is 13.9. The first-order valence-electron chi connectivity index (χ1n) is 8.91. The van der Waals surface area contributed by atoms with E-state index in [1.165, 1.54) is 16.8 Å². The van der Waals surface area contributed by atoms with Crippen molar-refractivity contribution in [2.24, 2.45) is 0 Å². The number of pyridine rings is 1. The Balaban J connectivity index is 1.80. The highest BCUT2D eigenvalue weighted by Gasteiger charge is 2.25. The van der Waals surface area contributed by atoms with Crippen LogP contribution in [0.15, 0.2) is 77.7 Å². The number of halogens is 1. The molecule has 0 spiro atoms. The molecule has 0 aliphatic rings. The van der Waals surface area contributed by atoms with Gasteiger partial charge in [0.1, 0.15) is 6.54 Å². The predicted molar refractivity (Wildman–Crippen MR) is 111 cm³/mol. The maximum atomic E-state index is 12.9. The maximum absolute atomic E-state index is 12.9. The van der Waals surface area contributed by atoms with Gasteiger partial charge in [0, 0.05) is 28.5 Å². The van der Waals surface area contributed by atoms with Crippen LogP contribution in [-0.2, 0) is 20.9 Å². The van der Waals surface area contributed by atoms with Crippen LogP contribution in [0.5, 0.6) is 0 Å². The number of hydrogen-bond acceptors (Lipinski definition) is 4. The molecule has 3 rings (SSSR count). The average Bonchev–Trinajstić information content (AvgIpc) is 2.71. The molecule has 0 radical (unpaired) electrons. The Labute approximate surface area is 172 Å². The molecule has 1 aromatic heterocycles. The van der Waals surface area contributed by atoms with Gasteiger partial charge in [0.15, 0.2) is 0 Å². The number of amides is 1. The molecule has 0 fully saturated rings. The van der Waals surface area contributed by atoms with Crippen LogP contribution in [0.4, 0.5) is 5.69 Å². The standard InChI is InChI=1S/C22H19ClN2O4/c1-15-10-11-17(13-18(15)23)24-22(28)21(16-7-3-2-4-8-16)29-20(27)14-25-12-6-5-9-19(25)26/h2-13,21H,14H2,1H3,(H,24,28)/t21-/m0/s1. The summed E-state index contributed by atoms with van der Waals surface area (Å²) in [6.45, 7) is 1.56. The lowest BCUT2D eigenvalue weighted by Gasteiger charge is -2.18. The number of nitrogens with one attached hydrogen (secondary N) is 1. The minimum atomic E-state index is -1.18. The predicted octanol–water partition coefficient (Wildman–Crippen LogP) is 3.73. The molecule has 0 aliphatic heterocycles. The van der Waals surface area contributed by atoms with Crippen molar-refractivity contribution < 1.29 is 14.3 Å². The fourth-order valence-electron chi connectivity index (χ4n) is 2.68. The van der Waals surface area contributed by atoms with Crippen molar-refractivity contribution in [1.82, 2.24) is 4.57 Å². The largest absolute Gasteiger partial charge is 0.446 e. The number of aromatic nitrogens is 1. The summed E-state index contributed by atoms with van der Waals surface area (Å²) < 4.78 is 6.65. The molecule has 29 heavy (non-hydrogen) atoms. The van der Waals surface area contributed by atoms with Crippen LogP contribution < -0.4 is 10.9 Å². The lowest BCUT2D eigenvalue weighted by molar-refractivity contribution is -0.155. The van der Waals surface area contributed by atoms with Crippen molar-refractivity contribution in [1.29, 1.82) is 0 Å². The highest BCUT2D eigenvalue weighted by atomic mass is 35.5. The van der Waals surface area contributed by atoms with Gasteiger partial charge in [-0.1, -0.05) is 54.1 Å². The number of nitrogens with zero attached hydrogens (tertiary/aromatic N) is 1. The van der Waals surface area contributed by atoms with Crippen molar-refractivity contribution in [3.05, 3.63) is 99.4 Å². The molecule has 0 unspecified atom stereocenters. The van der Waals surface area contributed by atoms with E-state index in [0.29, 0.717) is 16.3 Å². The number of benzene rings is 2. The first-order valence-corrected chi connectivity index (χ1v) is 9.29. The molecule has 0 saturated heterocycles. The van der Waals surface area contributed by atoms with E-state index in [9.17, 15) is 14.4 Å². The highest BCUT2D eigenvalue weighted by molar-refractivity contribution is 6.31. The number of esters is 1. The molecule has 7 heteroatoms. The Kier molecular flexibility index (Phi) is 6.46. The van der Waals surface area contributed by atoms with E-state index in [2.05, 4.69) is 5.32 Å². The van der Waals surface area contributed by atoms with Crippen LogP contribution >= 0.6 is 11.6 Å². The van der Waals surface area contributed by atoms with Crippen LogP contribution in [0.2, 0.25) is 5.02 Å². The molecule has 2 aromatic carbocycles. The normalized spacial score (nSPS) is 11.5. The van der Waals surface area contributed by atoms with Crippen molar-refractivity contribution in [3.63, 3.8) is 0 Å². The summed E-state index contributed by atoms with van der Waals surface area (Å²) in [6.07, 6.45) is 0.304. The Bertz CT molecular complexity index is 1080. The third-order valence-electron chi connectivity index (χ3n) is 4.23. The number of rotatable bonds is 6. The van der Waals surface area contributed by atoms with Gasteiger partial charge in [-0.3, -0.25) is 14.4 Å². The second-order valence-electron chi connectivity index (χ2n) is 6.40. The second-order valence-corrected chi connectivity index (χ2v) is 6.81. The average molecular weight is 411 g/mol. The number of carbonyl (C=O) groups excluding carboxylic acids is 2.